The highest BCUT2D eigenvalue weighted by molar-refractivity contribution is 7.16. The first-order valence-corrected chi connectivity index (χ1v) is 11.5. The van der Waals surface area contributed by atoms with Crippen LogP contribution in [0.1, 0.15) is 41.7 Å². The fraction of sp³-hybridized carbons (Fsp3) is 0.478. The Morgan fingerprint density at radius 3 is 2.57 bits per heavy atom. The maximum Gasteiger partial charge on any atom is 0.226 e. The number of hydrogen-bond donors (Lipinski definition) is 1. The Hall–Kier alpha value is -2.43. The van der Waals surface area contributed by atoms with E-state index in [2.05, 4.69) is 21.2 Å². The molecule has 1 aromatic heterocycles. The van der Waals surface area contributed by atoms with E-state index in [1.807, 2.05) is 12.1 Å². The van der Waals surface area contributed by atoms with Gasteiger partial charge in [0.05, 0.1) is 5.56 Å². The van der Waals surface area contributed by atoms with Crippen molar-refractivity contribution in [3.05, 3.63) is 46.1 Å². The van der Waals surface area contributed by atoms with Crippen molar-refractivity contribution in [1.29, 1.82) is 5.26 Å². The molecule has 1 aliphatic carbocycles. The van der Waals surface area contributed by atoms with E-state index in [4.69, 9.17) is 0 Å². The summed E-state index contributed by atoms with van der Waals surface area (Å²) in [5.41, 5.74) is 2.88. The minimum absolute atomic E-state index is 0.0242. The summed E-state index contributed by atoms with van der Waals surface area (Å²) in [5, 5.41) is 13.3. The van der Waals surface area contributed by atoms with E-state index >= 15 is 0 Å². The molecule has 1 fully saturated rings. The molecular weight excluding hydrogens is 399 g/mol. The van der Waals surface area contributed by atoms with Crippen LogP contribution in [0.4, 0.5) is 15.1 Å². The van der Waals surface area contributed by atoms with Crippen molar-refractivity contribution in [2.24, 2.45) is 0 Å². The van der Waals surface area contributed by atoms with Crippen LogP contribution in [0.5, 0.6) is 0 Å². The summed E-state index contributed by atoms with van der Waals surface area (Å²) in [4.78, 5) is 18.3. The zero-order valence-electron chi connectivity index (χ0n) is 17.1. The predicted molar refractivity (Wildman–Crippen MR) is 119 cm³/mol. The van der Waals surface area contributed by atoms with E-state index in [1.54, 1.807) is 11.3 Å². The Balaban J connectivity index is 1.27. The number of fused-ring (bicyclic) bond motifs is 1. The lowest BCUT2D eigenvalue weighted by molar-refractivity contribution is -0.116. The van der Waals surface area contributed by atoms with Gasteiger partial charge in [-0.3, -0.25) is 9.69 Å². The van der Waals surface area contributed by atoms with Crippen LogP contribution in [0.25, 0.3) is 0 Å². The van der Waals surface area contributed by atoms with Gasteiger partial charge in [-0.15, -0.1) is 11.3 Å². The summed E-state index contributed by atoms with van der Waals surface area (Å²) < 4.78 is 13.1. The summed E-state index contributed by atoms with van der Waals surface area (Å²) in [5.74, 6) is -0.242. The molecule has 0 bridgehead atoms. The van der Waals surface area contributed by atoms with E-state index in [0.717, 1.165) is 68.1 Å². The normalized spacial score (nSPS) is 17.1. The SMILES string of the molecule is N#Cc1c(NC(=O)CCN2CCN(c3ccc(F)cc3)CC2)sc2c1CCCCC2. The second kappa shape index (κ2) is 9.59. The second-order valence-corrected chi connectivity index (χ2v) is 9.09. The van der Waals surface area contributed by atoms with Gasteiger partial charge >= 0.3 is 0 Å². The monoisotopic (exact) mass is 426 g/mol. The maximum absolute atomic E-state index is 13.1. The van der Waals surface area contributed by atoms with E-state index in [1.165, 1.54) is 23.4 Å². The highest BCUT2D eigenvalue weighted by atomic mass is 32.1. The van der Waals surface area contributed by atoms with Gasteiger partial charge < -0.3 is 10.2 Å². The van der Waals surface area contributed by atoms with Crippen molar-refractivity contribution in [3.63, 3.8) is 0 Å². The van der Waals surface area contributed by atoms with Crippen molar-refractivity contribution in [3.8, 4) is 6.07 Å². The van der Waals surface area contributed by atoms with E-state index in [9.17, 15) is 14.4 Å². The van der Waals surface area contributed by atoms with Gasteiger partial charge in [-0.2, -0.15) is 5.26 Å². The van der Waals surface area contributed by atoms with Gasteiger partial charge in [0, 0.05) is 49.7 Å². The molecule has 7 heteroatoms. The molecule has 0 spiro atoms. The molecule has 30 heavy (non-hydrogen) atoms. The lowest BCUT2D eigenvalue weighted by Gasteiger charge is -2.36. The first kappa shape index (κ1) is 20.8. The highest BCUT2D eigenvalue weighted by Gasteiger charge is 2.22. The number of halogens is 1. The van der Waals surface area contributed by atoms with Crippen LogP contribution in [0.15, 0.2) is 24.3 Å². The number of anilines is 2. The van der Waals surface area contributed by atoms with Gasteiger partial charge in [0.1, 0.15) is 16.9 Å². The molecule has 0 saturated carbocycles. The number of nitrogens with one attached hydrogen (secondary N) is 1. The number of nitriles is 1. The van der Waals surface area contributed by atoms with Crippen molar-refractivity contribution < 1.29 is 9.18 Å². The van der Waals surface area contributed by atoms with Crippen LogP contribution in [-0.2, 0) is 17.6 Å². The second-order valence-electron chi connectivity index (χ2n) is 7.98. The van der Waals surface area contributed by atoms with Crippen LogP contribution in [-0.4, -0.2) is 43.5 Å². The molecule has 1 aliphatic heterocycles. The van der Waals surface area contributed by atoms with E-state index in [-0.39, 0.29) is 11.7 Å². The molecule has 1 N–H and O–H groups in total. The van der Waals surface area contributed by atoms with Crippen molar-refractivity contribution in [1.82, 2.24) is 4.90 Å². The van der Waals surface area contributed by atoms with Gasteiger partial charge in [0.25, 0.3) is 0 Å². The van der Waals surface area contributed by atoms with Crippen molar-refractivity contribution in [2.45, 2.75) is 38.5 Å². The molecule has 158 valence electrons. The standard InChI is InChI=1S/C23H27FN4OS/c24-17-6-8-18(9-7-17)28-14-12-27(13-15-28)11-10-22(29)26-23-20(16-25)19-4-2-1-3-5-21(19)30-23/h6-9H,1-5,10-15H2,(H,26,29). The molecule has 5 nitrogen and oxygen atoms in total. The number of hydrogen-bond acceptors (Lipinski definition) is 5. The zero-order chi connectivity index (χ0) is 20.9. The Kier molecular flexibility index (Phi) is 6.66. The average molecular weight is 427 g/mol. The molecule has 4 rings (SSSR count). The summed E-state index contributed by atoms with van der Waals surface area (Å²) in [7, 11) is 0. The largest absolute Gasteiger partial charge is 0.369 e. The summed E-state index contributed by atoms with van der Waals surface area (Å²) in [6.45, 7) is 4.19. The average Bonchev–Trinajstić information content (AvgIpc) is 2.92. The van der Waals surface area contributed by atoms with Gasteiger partial charge in [0.15, 0.2) is 0 Å². The maximum atomic E-state index is 13.1. The number of amides is 1. The lowest BCUT2D eigenvalue weighted by atomic mass is 10.1. The third kappa shape index (κ3) is 4.82. The first-order valence-electron chi connectivity index (χ1n) is 10.7. The summed E-state index contributed by atoms with van der Waals surface area (Å²) in [6.07, 6.45) is 5.88. The number of carbonyl (C=O) groups excluding carboxylic acids is 1. The van der Waals surface area contributed by atoms with Gasteiger partial charge in [-0.1, -0.05) is 6.42 Å². The minimum Gasteiger partial charge on any atom is -0.369 e. The Morgan fingerprint density at radius 1 is 1.10 bits per heavy atom. The number of nitrogens with zero attached hydrogens (tertiary/aromatic N) is 3. The zero-order valence-corrected chi connectivity index (χ0v) is 17.9. The smallest absolute Gasteiger partial charge is 0.226 e. The molecule has 2 aliphatic rings. The van der Waals surface area contributed by atoms with Crippen LogP contribution >= 0.6 is 11.3 Å². The molecule has 2 aromatic rings. The number of thiophene rings is 1. The number of carbonyl (C=O) groups is 1. The molecule has 0 radical (unpaired) electrons. The number of rotatable bonds is 5. The molecular formula is C23H27FN4OS. The Morgan fingerprint density at radius 2 is 1.83 bits per heavy atom. The highest BCUT2D eigenvalue weighted by Crippen LogP contribution is 2.37. The molecule has 0 atom stereocenters. The molecule has 0 unspecified atom stereocenters. The van der Waals surface area contributed by atoms with Gasteiger partial charge in [0.2, 0.25) is 5.91 Å². The molecule has 1 aromatic carbocycles. The fourth-order valence-electron chi connectivity index (χ4n) is 4.28. The number of aryl methyl sites for hydroxylation is 1. The quantitative estimate of drug-likeness (QED) is 0.729. The first-order chi connectivity index (χ1) is 14.6. The van der Waals surface area contributed by atoms with E-state index < -0.39 is 0 Å². The molecule has 1 saturated heterocycles. The molecule has 1 amide bonds. The number of benzene rings is 1. The predicted octanol–water partition coefficient (Wildman–Crippen LogP) is 4.18. The third-order valence-electron chi connectivity index (χ3n) is 6.01. The lowest BCUT2D eigenvalue weighted by Crippen LogP contribution is -2.47. The topological polar surface area (TPSA) is 59.4 Å². The summed E-state index contributed by atoms with van der Waals surface area (Å²) in [6, 6.07) is 8.93. The van der Waals surface area contributed by atoms with Crippen molar-refractivity contribution in [2.75, 3.05) is 42.9 Å². The summed E-state index contributed by atoms with van der Waals surface area (Å²) >= 11 is 1.59. The van der Waals surface area contributed by atoms with Crippen LogP contribution in [0, 0.1) is 17.1 Å². The minimum atomic E-state index is -0.217. The van der Waals surface area contributed by atoms with Crippen LogP contribution < -0.4 is 10.2 Å². The third-order valence-corrected chi connectivity index (χ3v) is 7.21. The van der Waals surface area contributed by atoms with Crippen LogP contribution in [0.2, 0.25) is 0 Å². The molecule has 2 heterocycles. The Bertz CT molecular complexity index is 926. The van der Waals surface area contributed by atoms with Crippen molar-refractivity contribution >= 4 is 27.9 Å². The van der Waals surface area contributed by atoms with Gasteiger partial charge in [-0.05, 0) is 55.5 Å². The van der Waals surface area contributed by atoms with E-state index in [0.29, 0.717) is 18.5 Å². The Labute approximate surface area is 181 Å². The fourth-order valence-corrected chi connectivity index (χ4v) is 5.54. The van der Waals surface area contributed by atoms with Gasteiger partial charge in [-0.25, -0.2) is 4.39 Å². The number of piperazine rings is 1. The van der Waals surface area contributed by atoms with Crippen LogP contribution in [0.3, 0.4) is 0 Å².